The van der Waals surface area contributed by atoms with E-state index in [4.69, 9.17) is 0 Å². The van der Waals surface area contributed by atoms with E-state index in [1.54, 1.807) is 0 Å². The molecule has 142 valence electrons. The van der Waals surface area contributed by atoms with Crippen LogP contribution in [0.15, 0.2) is 47.7 Å². The van der Waals surface area contributed by atoms with Crippen LogP contribution in [0, 0.1) is 0 Å². The van der Waals surface area contributed by atoms with E-state index in [9.17, 15) is 0 Å². The first-order valence-corrected chi connectivity index (χ1v) is 9.08. The molecule has 1 aromatic carbocycles. The summed E-state index contributed by atoms with van der Waals surface area (Å²) in [5.74, 6) is 0.822. The maximum Gasteiger partial charge on any atom is 0.191 e. The standard InChI is InChI=1S/C20H29N5.HI/c1-16(18-7-6-8-19(13-18)25-10-4-5-11-25)23-20(21-2)22-14-17-9-12-24(3)15-17;/h6-9,12-13,15-16H,4-5,10-11,14H2,1-3H3,(H2,21,22,23);1H. The van der Waals surface area contributed by atoms with Gasteiger partial charge in [-0.05, 0) is 49.1 Å². The number of halogens is 1. The Kier molecular flexibility index (Phi) is 7.81. The molecule has 26 heavy (non-hydrogen) atoms. The number of nitrogens with one attached hydrogen (secondary N) is 2. The molecule has 2 aromatic rings. The Hall–Kier alpha value is -1.70. The summed E-state index contributed by atoms with van der Waals surface area (Å²) in [6.07, 6.45) is 6.77. The van der Waals surface area contributed by atoms with E-state index in [0.29, 0.717) is 0 Å². The van der Waals surface area contributed by atoms with Crippen molar-refractivity contribution in [3.05, 3.63) is 53.9 Å². The molecule has 1 aliphatic rings. The van der Waals surface area contributed by atoms with E-state index in [0.717, 1.165) is 12.5 Å². The van der Waals surface area contributed by atoms with E-state index in [2.05, 4.69) is 74.7 Å². The number of aryl methyl sites for hydroxylation is 1. The van der Waals surface area contributed by atoms with Crippen LogP contribution in [0.2, 0.25) is 0 Å². The van der Waals surface area contributed by atoms with Crippen LogP contribution in [-0.4, -0.2) is 30.7 Å². The van der Waals surface area contributed by atoms with Gasteiger partial charge in [-0.2, -0.15) is 0 Å². The van der Waals surface area contributed by atoms with Gasteiger partial charge in [-0.1, -0.05) is 12.1 Å². The Bertz CT molecular complexity index is 718. The lowest BCUT2D eigenvalue weighted by atomic mass is 10.1. The molecule has 0 spiro atoms. The van der Waals surface area contributed by atoms with Gasteiger partial charge < -0.3 is 20.1 Å². The number of anilines is 1. The molecule has 1 aliphatic heterocycles. The normalized spacial score (nSPS) is 15.5. The minimum atomic E-state index is 0. The lowest BCUT2D eigenvalue weighted by Gasteiger charge is -2.22. The SMILES string of the molecule is CN=C(NCc1ccn(C)c1)NC(C)c1cccc(N2CCCC2)c1.I. The first-order chi connectivity index (χ1) is 12.2. The van der Waals surface area contributed by atoms with Crippen LogP contribution in [0.4, 0.5) is 5.69 Å². The molecule has 0 amide bonds. The second-order valence-electron chi connectivity index (χ2n) is 6.77. The molecular formula is C20H30IN5. The molecule has 1 atom stereocenters. The third kappa shape index (κ3) is 5.40. The first-order valence-electron chi connectivity index (χ1n) is 9.08. The first kappa shape index (κ1) is 20.6. The van der Waals surface area contributed by atoms with Crippen LogP contribution in [0.3, 0.4) is 0 Å². The minimum absolute atomic E-state index is 0. The van der Waals surface area contributed by atoms with E-state index in [-0.39, 0.29) is 30.0 Å². The van der Waals surface area contributed by atoms with Crippen LogP contribution in [0.1, 0.15) is 36.9 Å². The maximum absolute atomic E-state index is 4.35. The van der Waals surface area contributed by atoms with Crippen LogP contribution in [0.5, 0.6) is 0 Å². The zero-order valence-electron chi connectivity index (χ0n) is 15.9. The molecule has 0 saturated carbocycles. The highest BCUT2D eigenvalue weighted by Gasteiger charge is 2.14. The average Bonchev–Trinajstić information content (AvgIpc) is 3.30. The molecule has 2 N–H and O–H groups in total. The Balaban J connectivity index is 0.00000243. The number of guanidine groups is 1. The van der Waals surface area contributed by atoms with Crippen molar-refractivity contribution in [3.8, 4) is 0 Å². The smallest absolute Gasteiger partial charge is 0.191 e. The highest BCUT2D eigenvalue weighted by Crippen LogP contribution is 2.23. The van der Waals surface area contributed by atoms with E-state index in [1.165, 1.54) is 42.7 Å². The van der Waals surface area contributed by atoms with Crippen molar-refractivity contribution >= 4 is 35.6 Å². The summed E-state index contributed by atoms with van der Waals surface area (Å²) >= 11 is 0. The van der Waals surface area contributed by atoms with Crippen LogP contribution < -0.4 is 15.5 Å². The minimum Gasteiger partial charge on any atom is -0.372 e. The van der Waals surface area contributed by atoms with Gasteiger partial charge in [0.1, 0.15) is 0 Å². The summed E-state index contributed by atoms with van der Waals surface area (Å²) in [7, 11) is 3.85. The predicted molar refractivity (Wildman–Crippen MR) is 120 cm³/mol. The summed E-state index contributed by atoms with van der Waals surface area (Å²) in [6.45, 7) is 5.29. The lowest BCUT2D eigenvalue weighted by molar-refractivity contribution is 0.685. The van der Waals surface area contributed by atoms with Crippen LogP contribution >= 0.6 is 24.0 Å². The van der Waals surface area contributed by atoms with Gasteiger partial charge in [-0.25, -0.2) is 0 Å². The molecule has 1 saturated heterocycles. The van der Waals surface area contributed by atoms with Crippen molar-refractivity contribution < 1.29 is 0 Å². The third-order valence-electron chi connectivity index (χ3n) is 4.77. The lowest BCUT2D eigenvalue weighted by Crippen LogP contribution is -2.38. The molecule has 5 nitrogen and oxygen atoms in total. The second-order valence-corrected chi connectivity index (χ2v) is 6.77. The zero-order valence-corrected chi connectivity index (χ0v) is 18.2. The van der Waals surface area contributed by atoms with Crippen LogP contribution in [0.25, 0.3) is 0 Å². The Morgan fingerprint density at radius 2 is 2.00 bits per heavy atom. The van der Waals surface area contributed by atoms with Gasteiger partial charge >= 0.3 is 0 Å². The number of aliphatic imine (C=N–C) groups is 1. The van der Waals surface area contributed by atoms with Crippen molar-refractivity contribution in [2.45, 2.75) is 32.4 Å². The van der Waals surface area contributed by atoms with Crippen molar-refractivity contribution in [2.75, 3.05) is 25.0 Å². The summed E-state index contributed by atoms with van der Waals surface area (Å²) in [5, 5.41) is 6.88. The summed E-state index contributed by atoms with van der Waals surface area (Å²) in [6, 6.07) is 11.2. The van der Waals surface area contributed by atoms with Crippen molar-refractivity contribution in [1.29, 1.82) is 0 Å². The summed E-state index contributed by atoms with van der Waals surface area (Å²) in [5.41, 5.74) is 3.86. The monoisotopic (exact) mass is 467 g/mol. The summed E-state index contributed by atoms with van der Waals surface area (Å²) < 4.78 is 2.06. The highest BCUT2D eigenvalue weighted by molar-refractivity contribution is 14.0. The number of benzene rings is 1. The fraction of sp³-hybridized carbons (Fsp3) is 0.450. The number of nitrogens with zero attached hydrogens (tertiary/aromatic N) is 3. The Morgan fingerprint density at radius 3 is 2.65 bits per heavy atom. The molecule has 1 fully saturated rings. The third-order valence-corrected chi connectivity index (χ3v) is 4.77. The molecular weight excluding hydrogens is 437 g/mol. The Morgan fingerprint density at radius 1 is 1.23 bits per heavy atom. The quantitative estimate of drug-likeness (QED) is 0.401. The number of rotatable bonds is 5. The van der Waals surface area contributed by atoms with Gasteiger partial charge in [0.2, 0.25) is 0 Å². The van der Waals surface area contributed by atoms with Gasteiger partial charge in [0.05, 0.1) is 6.04 Å². The molecule has 6 heteroatoms. The van der Waals surface area contributed by atoms with Crippen molar-refractivity contribution in [2.24, 2.45) is 12.0 Å². The molecule has 2 heterocycles. The maximum atomic E-state index is 4.35. The fourth-order valence-electron chi connectivity index (χ4n) is 3.30. The fourth-order valence-corrected chi connectivity index (χ4v) is 3.30. The summed E-state index contributed by atoms with van der Waals surface area (Å²) in [4.78, 5) is 6.82. The number of hydrogen-bond donors (Lipinski definition) is 2. The topological polar surface area (TPSA) is 44.6 Å². The number of hydrogen-bond acceptors (Lipinski definition) is 2. The average molecular weight is 467 g/mol. The molecule has 3 rings (SSSR count). The van der Waals surface area contributed by atoms with Gasteiger partial charge in [-0.15, -0.1) is 24.0 Å². The van der Waals surface area contributed by atoms with Crippen molar-refractivity contribution in [3.63, 3.8) is 0 Å². The van der Waals surface area contributed by atoms with E-state index in [1.807, 2.05) is 14.1 Å². The molecule has 1 aromatic heterocycles. The van der Waals surface area contributed by atoms with Crippen molar-refractivity contribution in [1.82, 2.24) is 15.2 Å². The van der Waals surface area contributed by atoms with Gasteiger partial charge in [0, 0.05) is 51.8 Å². The van der Waals surface area contributed by atoms with E-state index < -0.39 is 0 Å². The largest absolute Gasteiger partial charge is 0.372 e. The Labute approximate surface area is 173 Å². The second kappa shape index (κ2) is 9.85. The molecule has 1 unspecified atom stereocenters. The predicted octanol–water partition coefficient (Wildman–Crippen LogP) is 3.67. The number of aromatic nitrogens is 1. The zero-order chi connectivity index (χ0) is 17.6. The molecule has 0 aliphatic carbocycles. The van der Waals surface area contributed by atoms with Gasteiger partial charge in [-0.3, -0.25) is 4.99 Å². The van der Waals surface area contributed by atoms with Gasteiger partial charge in [0.25, 0.3) is 0 Å². The van der Waals surface area contributed by atoms with Gasteiger partial charge in [0.15, 0.2) is 5.96 Å². The molecule has 0 radical (unpaired) electrons. The van der Waals surface area contributed by atoms with E-state index >= 15 is 0 Å². The molecule has 0 bridgehead atoms. The highest BCUT2D eigenvalue weighted by atomic mass is 127. The van der Waals surface area contributed by atoms with Crippen LogP contribution in [-0.2, 0) is 13.6 Å².